The lowest BCUT2D eigenvalue weighted by Crippen LogP contribution is -2.34. The number of thioether (sulfide) groups is 1. The topological polar surface area (TPSA) is 49.3 Å². The molecule has 1 heterocycles. The fraction of sp³-hybridized carbons (Fsp3) is 0.300. The van der Waals surface area contributed by atoms with Gasteiger partial charge in [0.05, 0.1) is 5.37 Å². The summed E-state index contributed by atoms with van der Waals surface area (Å²) in [4.78, 5) is 10.7. The van der Waals surface area contributed by atoms with Gasteiger partial charge in [0.2, 0.25) is 0 Å². The van der Waals surface area contributed by atoms with Gasteiger partial charge in [-0.25, -0.2) is 13.2 Å². The molecule has 1 unspecified atom stereocenters. The van der Waals surface area contributed by atoms with Crippen LogP contribution in [0.1, 0.15) is 10.9 Å². The molecule has 0 bridgehead atoms. The van der Waals surface area contributed by atoms with Crippen LogP contribution in [0.15, 0.2) is 12.1 Å². The van der Waals surface area contributed by atoms with E-state index >= 15 is 0 Å². The number of hydrogen-bond acceptors (Lipinski definition) is 3. The van der Waals surface area contributed by atoms with Crippen LogP contribution >= 0.6 is 11.8 Å². The molecule has 0 aliphatic carbocycles. The minimum absolute atomic E-state index is 0.0716. The van der Waals surface area contributed by atoms with Crippen LogP contribution in [-0.4, -0.2) is 22.9 Å². The molecule has 0 radical (unpaired) electrons. The Hall–Kier alpha value is -1.21. The van der Waals surface area contributed by atoms with Crippen LogP contribution in [0.5, 0.6) is 0 Å². The van der Waals surface area contributed by atoms with E-state index < -0.39 is 34.8 Å². The SMILES string of the molecule is O=C(O)[C@@H]1CSC(c2ccc(F)c(F)c2F)N1. The normalized spacial score (nSPS) is 23.9. The van der Waals surface area contributed by atoms with Crippen molar-refractivity contribution in [2.75, 3.05) is 5.75 Å². The van der Waals surface area contributed by atoms with Gasteiger partial charge in [0.1, 0.15) is 6.04 Å². The van der Waals surface area contributed by atoms with Gasteiger partial charge >= 0.3 is 5.97 Å². The average molecular weight is 263 g/mol. The maximum atomic E-state index is 13.4. The number of halogens is 3. The Labute approximate surface area is 99.0 Å². The quantitative estimate of drug-likeness (QED) is 0.800. The minimum Gasteiger partial charge on any atom is -0.480 e. The number of benzene rings is 1. The zero-order chi connectivity index (χ0) is 12.6. The standard InChI is InChI=1S/C10H8F3NO2S/c11-5-2-1-4(7(12)8(5)13)9-14-6(3-17-9)10(15)16/h1-2,6,9,14H,3H2,(H,15,16)/t6-,9?/m0/s1. The highest BCUT2D eigenvalue weighted by Gasteiger charge is 2.32. The number of nitrogens with one attached hydrogen (secondary N) is 1. The summed E-state index contributed by atoms with van der Waals surface area (Å²) >= 11 is 1.14. The van der Waals surface area contributed by atoms with Gasteiger partial charge in [-0.1, -0.05) is 6.07 Å². The molecule has 2 rings (SSSR count). The van der Waals surface area contributed by atoms with Crippen molar-refractivity contribution in [3.8, 4) is 0 Å². The van der Waals surface area contributed by atoms with Gasteiger partial charge in [-0.05, 0) is 6.07 Å². The van der Waals surface area contributed by atoms with E-state index in [2.05, 4.69) is 5.32 Å². The average Bonchev–Trinajstić information content (AvgIpc) is 2.75. The maximum Gasteiger partial charge on any atom is 0.321 e. The second-order valence-electron chi connectivity index (χ2n) is 3.54. The third-order valence-corrected chi connectivity index (χ3v) is 3.68. The van der Waals surface area contributed by atoms with Gasteiger partial charge in [0.25, 0.3) is 0 Å². The first-order valence-corrected chi connectivity index (χ1v) is 5.79. The summed E-state index contributed by atoms with van der Waals surface area (Å²) in [6, 6.07) is 1.13. The number of carboxylic acids is 1. The van der Waals surface area contributed by atoms with E-state index in [0.717, 1.165) is 23.9 Å². The maximum absolute atomic E-state index is 13.4. The molecule has 3 nitrogen and oxygen atoms in total. The molecule has 1 fully saturated rings. The first-order valence-electron chi connectivity index (χ1n) is 4.74. The van der Waals surface area contributed by atoms with Crippen molar-refractivity contribution < 1.29 is 23.1 Å². The molecule has 1 saturated heterocycles. The molecule has 0 aromatic heterocycles. The van der Waals surface area contributed by atoms with Crippen LogP contribution in [0.25, 0.3) is 0 Å². The van der Waals surface area contributed by atoms with Crippen molar-refractivity contribution in [2.24, 2.45) is 0 Å². The van der Waals surface area contributed by atoms with Crippen molar-refractivity contribution in [3.05, 3.63) is 35.1 Å². The zero-order valence-corrected chi connectivity index (χ0v) is 9.23. The highest BCUT2D eigenvalue weighted by molar-refractivity contribution is 7.99. The van der Waals surface area contributed by atoms with Gasteiger partial charge in [-0.15, -0.1) is 11.8 Å². The van der Waals surface area contributed by atoms with Gasteiger partial charge in [0.15, 0.2) is 17.5 Å². The van der Waals surface area contributed by atoms with Crippen molar-refractivity contribution in [1.82, 2.24) is 5.32 Å². The van der Waals surface area contributed by atoms with Crippen LogP contribution in [0.2, 0.25) is 0 Å². The fourth-order valence-electron chi connectivity index (χ4n) is 1.54. The number of rotatable bonds is 2. The van der Waals surface area contributed by atoms with E-state index in [1.807, 2.05) is 0 Å². The van der Waals surface area contributed by atoms with Crippen LogP contribution < -0.4 is 5.32 Å². The van der Waals surface area contributed by atoms with Crippen LogP contribution in [-0.2, 0) is 4.79 Å². The zero-order valence-electron chi connectivity index (χ0n) is 8.41. The first-order chi connectivity index (χ1) is 8.00. The first kappa shape index (κ1) is 12.3. The molecule has 92 valence electrons. The summed E-state index contributed by atoms with van der Waals surface area (Å²) in [5.74, 6) is -4.88. The Kier molecular flexibility index (Phi) is 3.30. The summed E-state index contributed by atoms with van der Waals surface area (Å²) in [5, 5.41) is 10.7. The Morgan fingerprint density at radius 2 is 2.06 bits per heavy atom. The molecular weight excluding hydrogens is 255 g/mol. The van der Waals surface area contributed by atoms with Crippen LogP contribution in [0.4, 0.5) is 13.2 Å². The number of carboxylic acid groups (broad SMARTS) is 1. The predicted octanol–water partition coefficient (Wildman–Crippen LogP) is 1.89. The molecule has 1 aromatic carbocycles. The molecular formula is C10H8F3NO2S. The lowest BCUT2D eigenvalue weighted by molar-refractivity contribution is -0.138. The largest absolute Gasteiger partial charge is 0.480 e. The minimum atomic E-state index is -1.54. The van der Waals surface area contributed by atoms with E-state index in [0.29, 0.717) is 0 Å². The lowest BCUT2D eigenvalue weighted by Gasteiger charge is -2.12. The Bertz CT molecular complexity index is 469. The van der Waals surface area contributed by atoms with Crippen molar-refractivity contribution in [1.29, 1.82) is 0 Å². The molecule has 1 aliphatic heterocycles. The molecule has 1 aromatic rings. The van der Waals surface area contributed by atoms with E-state index in [-0.39, 0.29) is 11.3 Å². The summed E-state index contributed by atoms with van der Waals surface area (Å²) in [6.45, 7) is 0. The van der Waals surface area contributed by atoms with E-state index in [1.54, 1.807) is 0 Å². The molecule has 17 heavy (non-hydrogen) atoms. The Morgan fingerprint density at radius 1 is 1.35 bits per heavy atom. The van der Waals surface area contributed by atoms with Crippen molar-refractivity contribution in [3.63, 3.8) is 0 Å². The Morgan fingerprint density at radius 3 is 2.65 bits per heavy atom. The summed E-state index contributed by atoms with van der Waals surface area (Å²) < 4.78 is 39.1. The fourth-order valence-corrected chi connectivity index (χ4v) is 2.78. The summed E-state index contributed by atoms with van der Waals surface area (Å²) in [7, 11) is 0. The van der Waals surface area contributed by atoms with Gasteiger partial charge in [-0.2, -0.15) is 0 Å². The molecule has 2 N–H and O–H groups in total. The molecule has 7 heteroatoms. The van der Waals surface area contributed by atoms with Gasteiger partial charge < -0.3 is 5.11 Å². The van der Waals surface area contributed by atoms with Crippen LogP contribution in [0.3, 0.4) is 0 Å². The highest BCUT2D eigenvalue weighted by atomic mass is 32.2. The van der Waals surface area contributed by atoms with Crippen molar-refractivity contribution >= 4 is 17.7 Å². The molecule has 0 saturated carbocycles. The van der Waals surface area contributed by atoms with E-state index in [4.69, 9.17) is 5.11 Å². The molecule has 2 atom stereocenters. The number of hydrogen-bond donors (Lipinski definition) is 2. The molecule has 0 amide bonds. The third kappa shape index (κ3) is 2.25. The van der Waals surface area contributed by atoms with E-state index in [1.165, 1.54) is 0 Å². The smallest absolute Gasteiger partial charge is 0.321 e. The second-order valence-corrected chi connectivity index (χ2v) is 4.67. The summed E-state index contributed by atoms with van der Waals surface area (Å²) in [5.41, 5.74) is -0.0716. The van der Waals surface area contributed by atoms with E-state index in [9.17, 15) is 18.0 Å². The second kappa shape index (κ2) is 4.58. The van der Waals surface area contributed by atoms with Crippen LogP contribution in [0, 0.1) is 17.5 Å². The number of aliphatic carboxylic acids is 1. The molecule has 0 spiro atoms. The predicted molar refractivity (Wildman–Crippen MR) is 56.1 cm³/mol. The highest BCUT2D eigenvalue weighted by Crippen LogP contribution is 2.35. The van der Waals surface area contributed by atoms with Crippen molar-refractivity contribution in [2.45, 2.75) is 11.4 Å². The lowest BCUT2D eigenvalue weighted by atomic mass is 10.2. The number of carbonyl (C=O) groups is 1. The van der Waals surface area contributed by atoms with Gasteiger partial charge in [0, 0.05) is 11.3 Å². The monoisotopic (exact) mass is 263 g/mol. The summed E-state index contributed by atoms with van der Waals surface area (Å²) in [6.07, 6.45) is 0. The Balaban J connectivity index is 2.25. The third-order valence-electron chi connectivity index (χ3n) is 2.43. The molecule has 1 aliphatic rings. The van der Waals surface area contributed by atoms with Gasteiger partial charge in [-0.3, -0.25) is 10.1 Å².